The molecule has 7 nitrogen and oxygen atoms in total. The summed E-state index contributed by atoms with van der Waals surface area (Å²) >= 11 is 0.830. The summed E-state index contributed by atoms with van der Waals surface area (Å²) in [6.45, 7) is 0.301. The number of benzene rings is 2. The van der Waals surface area contributed by atoms with E-state index < -0.39 is 11.1 Å². The Kier molecular flexibility index (Phi) is 5.99. The Morgan fingerprint density at radius 1 is 1.10 bits per heavy atom. The molecule has 2 aliphatic rings. The molecule has 160 valence electrons. The topological polar surface area (TPSA) is 76.2 Å². The van der Waals surface area contributed by atoms with Gasteiger partial charge in [-0.1, -0.05) is 24.3 Å². The van der Waals surface area contributed by atoms with Gasteiger partial charge in [-0.3, -0.25) is 19.3 Å². The van der Waals surface area contributed by atoms with Crippen LogP contribution in [0.15, 0.2) is 47.4 Å². The van der Waals surface area contributed by atoms with Crippen LogP contribution in [0.25, 0.3) is 6.08 Å². The lowest BCUT2D eigenvalue weighted by molar-refractivity contribution is -0.128. The molecule has 4 rings (SSSR count). The maximum atomic E-state index is 12.9. The van der Waals surface area contributed by atoms with E-state index in [4.69, 9.17) is 9.47 Å². The average Bonchev–Trinajstić information content (AvgIpc) is 3.05. The second-order valence-corrected chi connectivity index (χ2v) is 8.15. The molecule has 2 aromatic carbocycles. The van der Waals surface area contributed by atoms with Crippen LogP contribution in [0.1, 0.15) is 17.5 Å². The molecule has 0 saturated carbocycles. The van der Waals surface area contributed by atoms with E-state index in [1.807, 2.05) is 24.3 Å². The van der Waals surface area contributed by atoms with E-state index in [9.17, 15) is 14.4 Å². The van der Waals surface area contributed by atoms with Crippen LogP contribution in [0.2, 0.25) is 0 Å². The molecule has 31 heavy (non-hydrogen) atoms. The third-order valence-electron chi connectivity index (χ3n) is 5.28. The summed E-state index contributed by atoms with van der Waals surface area (Å²) in [4.78, 5) is 41.2. The molecule has 1 fully saturated rings. The number of hydrogen-bond acceptors (Lipinski definition) is 6. The van der Waals surface area contributed by atoms with Gasteiger partial charge in [0, 0.05) is 12.2 Å². The Morgan fingerprint density at radius 3 is 2.65 bits per heavy atom. The number of carbonyl (C=O) groups excluding carboxylic acids is 3. The third-order valence-corrected chi connectivity index (χ3v) is 6.19. The van der Waals surface area contributed by atoms with Gasteiger partial charge in [0.15, 0.2) is 11.5 Å². The second kappa shape index (κ2) is 8.85. The highest BCUT2D eigenvalue weighted by atomic mass is 32.2. The molecule has 0 spiro atoms. The van der Waals surface area contributed by atoms with E-state index in [2.05, 4.69) is 0 Å². The van der Waals surface area contributed by atoms with Gasteiger partial charge in [0.25, 0.3) is 11.1 Å². The van der Waals surface area contributed by atoms with Gasteiger partial charge in [0.2, 0.25) is 5.91 Å². The molecule has 0 N–H and O–H groups in total. The van der Waals surface area contributed by atoms with Crippen LogP contribution in [-0.4, -0.2) is 49.3 Å². The average molecular weight is 439 g/mol. The third kappa shape index (κ3) is 4.16. The van der Waals surface area contributed by atoms with E-state index in [-0.39, 0.29) is 17.4 Å². The zero-order chi connectivity index (χ0) is 22.0. The number of methoxy groups -OCH3 is 2. The Labute approximate surface area is 184 Å². The highest BCUT2D eigenvalue weighted by molar-refractivity contribution is 8.18. The maximum Gasteiger partial charge on any atom is 0.294 e. The van der Waals surface area contributed by atoms with Gasteiger partial charge in [-0.15, -0.1) is 0 Å². The minimum absolute atomic E-state index is 0.262. The number of carbonyl (C=O) groups is 3. The number of fused-ring (bicyclic) bond motifs is 1. The summed E-state index contributed by atoms with van der Waals surface area (Å²) in [5.41, 5.74) is 2.65. The number of rotatable bonds is 5. The van der Waals surface area contributed by atoms with Gasteiger partial charge in [-0.05, 0) is 60.0 Å². The van der Waals surface area contributed by atoms with Gasteiger partial charge >= 0.3 is 0 Å². The minimum atomic E-state index is -0.469. The molecular formula is C23H22N2O5S. The van der Waals surface area contributed by atoms with Gasteiger partial charge in [0.05, 0.1) is 19.1 Å². The van der Waals surface area contributed by atoms with Crippen molar-refractivity contribution >= 4 is 40.6 Å². The first-order chi connectivity index (χ1) is 15.0. The number of ether oxygens (including phenoxy) is 2. The van der Waals surface area contributed by atoms with E-state index in [1.165, 1.54) is 7.11 Å². The number of imide groups is 1. The van der Waals surface area contributed by atoms with E-state index in [0.717, 1.165) is 40.8 Å². The Morgan fingerprint density at radius 2 is 1.87 bits per heavy atom. The van der Waals surface area contributed by atoms with E-state index >= 15 is 0 Å². The fourth-order valence-corrected chi connectivity index (χ4v) is 4.58. The molecule has 0 radical (unpaired) electrons. The van der Waals surface area contributed by atoms with Crippen molar-refractivity contribution in [2.24, 2.45) is 0 Å². The lowest BCUT2D eigenvalue weighted by Crippen LogP contribution is -2.44. The van der Waals surface area contributed by atoms with Crippen LogP contribution in [0.3, 0.4) is 0 Å². The van der Waals surface area contributed by atoms with E-state index in [1.54, 1.807) is 36.3 Å². The summed E-state index contributed by atoms with van der Waals surface area (Å²) in [6, 6.07) is 13.0. The predicted octanol–water partition coefficient (Wildman–Crippen LogP) is 3.72. The summed E-state index contributed by atoms with van der Waals surface area (Å²) in [5, 5.41) is -0.449. The normalized spacial score (nSPS) is 17.2. The maximum absolute atomic E-state index is 12.9. The number of amides is 3. The lowest BCUT2D eigenvalue weighted by atomic mass is 10.0. The van der Waals surface area contributed by atoms with Crippen molar-refractivity contribution in [3.8, 4) is 11.5 Å². The van der Waals surface area contributed by atoms with Crippen molar-refractivity contribution < 1.29 is 23.9 Å². The van der Waals surface area contributed by atoms with E-state index in [0.29, 0.717) is 23.6 Å². The molecule has 0 atom stereocenters. The van der Waals surface area contributed by atoms with Crippen LogP contribution in [0, 0.1) is 0 Å². The first-order valence-corrected chi connectivity index (χ1v) is 10.7. The number of anilines is 1. The molecular weight excluding hydrogens is 416 g/mol. The van der Waals surface area contributed by atoms with Crippen molar-refractivity contribution in [2.45, 2.75) is 12.8 Å². The summed E-state index contributed by atoms with van der Waals surface area (Å²) in [7, 11) is 3.07. The highest BCUT2D eigenvalue weighted by Crippen LogP contribution is 2.35. The Hall–Kier alpha value is -3.26. The number of aryl methyl sites for hydroxylation is 1. The zero-order valence-electron chi connectivity index (χ0n) is 17.3. The number of hydrogen-bond donors (Lipinski definition) is 0. The molecule has 2 aromatic rings. The Bertz CT molecular complexity index is 1080. The van der Waals surface area contributed by atoms with Crippen LogP contribution < -0.4 is 14.4 Å². The number of para-hydroxylation sites is 1. The van der Waals surface area contributed by atoms with Crippen molar-refractivity contribution in [3.63, 3.8) is 0 Å². The van der Waals surface area contributed by atoms with Crippen LogP contribution >= 0.6 is 11.8 Å². The van der Waals surface area contributed by atoms with Crippen molar-refractivity contribution in [2.75, 3.05) is 32.2 Å². The highest BCUT2D eigenvalue weighted by Gasteiger charge is 2.37. The Balaban J connectivity index is 1.52. The molecule has 3 amide bonds. The molecule has 8 heteroatoms. The number of nitrogens with zero attached hydrogens (tertiary/aromatic N) is 2. The fourth-order valence-electron chi connectivity index (χ4n) is 3.74. The summed E-state index contributed by atoms with van der Waals surface area (Å²) in [5.74, 6) is 0.361. The van der Waals surface area contributed by atoms with Crippen LogP contribution in [0.4, 0.5) is 10.5 Å². The first-order valence-electron chi connectivity index (χ1n) is 9.87. The minimum Gasteiger partial charge on any atom is -0.493 e. The van der Waals surface area contributed by atoms with Crippen molar-refractivity contribution in [1.29, 1.82) is 0 Å². The smallest absolute Gasteiger partial charge is 0.294 e. The molecule has 2 heterocycles. The van der Waals surface area contributed by atoms with Crippen LogP contribution in [-0.2, 0) is 16.0 Å². The second-order valence-electron chi connectivity index (χ2n) is 7.16. The van der Waals surface area contributed by atoms with Crippen molar-refractivity contribution in [1.82, 2.24) is 4.90 Å². The lowest BCUT2D eigenvalue weighted by Gasteiger charge is -2.30. The SMILES string of the molecule is COc1ccc(C=C2SC(=O)N(CC(=O)N3CCCc4ccccc43)C2=O)cc1OC. The molecule has 2 aliphatic heterocycles. The van der Waals surface area contributed by atoms with Gasteiger partial charge < -0.3 is 14.4 Å². The molecule has 0 unspecified atom stereocenters. The van der Waals surface area contributed by atoms with Gasteiger partial charge in [-0.2, -0.15) is 0 Å². The van der Waals surface area contributed by atoms with Crippen LogP contribution in [0.5, 0.6) is 11.5 Å². The first kappa shape index (κ1) is 21.0. The summed E-state index contributed by atoms with van der Waals surface area (Å²) < 4.78 is 10.5. The monoisotopic (exact) mass is 438 g/mol. The standard InChI is InChI=1S/C23H22N2O5S/c1-29-18-10-9-15(12-19(18)30-2)13-20-22(27)25(23(28)31-20)14-21(26)24-11-5-7-16-6-3-4-8-17(16)24/h3-4,6,8-10,12-13H,5,7,11,14H2,1-2H3. The fraction of sp³-hybridized carbons (Fsp3) is 0.261. The van der Waals surface area contributed by atoms with Gasteiger partial charge in [-0.25, -0.2) is 0 Å². The molecule has 0 aromatic heterocycles. The quantitative estimate of drug-likeness (QED) is 0.663. The molecule has 0 bridgehead atoms. The molecule has 0 aliphatic carbocycles. The number of thioether (sulfide) groups is 1. The predicted molar refractivity (Wildman–Crippen MR) is 119 cm³/mol. The zero-order valence-corrected chi connectivity index (χ0v) is 18.1. The van der Waals surface area contributed by atoms with Crippen molar-refractivity contribution in [3.05, 3.63) is 58.5 Å². The summed E-state index contributed by atoms with van der Waals surface area (Å²) in [6.07, 6.45) is 3.38. The van der Waals surface area contributed by atoms with Gasteiger partial charge in [0.1, 0.15) is 6.54 Å². The molecule has 1 saturated heterocycles. The largest absolute Gasteiger partial charge is 0.493 e.